The average molecular weight is 175 g/mol. The highest BCUT2D eigenvalue weighted by atomic mass is 35.5. The van der Waals surface area contributed by atoms with Crippen molar-refractivity contribution in [3.05, 3.63) is 0 Å². The quantitative estimate of drug-likeness (QED) is 0.569. The van der Waals surface area contributed by atoms with Gasteiger partial charge in [-0.2, -0.15) is 0 Å². The first-order valence-corrected chi connectivity index (χ1v) is 5.32. The number of halogens is 1. The van der Waals surface area contributed by atoms with E-state index in [0.717, 1.165) is 11.8 Å². The maximum absolute atomic E-state index is 5.96. The predicted molar refractivity (Wildman–Crippen MR) is 51.1 cm³/mol. The first-order valence-electron chi connectivity index (χ1n) is 4.78. The van der Waals surface area contributed by atoms with Crippen LogP contribution in [-0.4, -0.2) is 5.88 Å². The van der Waals surface area contributed by atoms with Gasteiger partial charge in [-0.1, -0.05) is 26.7 Å². The molecule has 1 unspecified atom stereocenters. The fourth-order valence-corrected chi connectivity index (χ4v) is 2.33. The molecule has 0 radical (unpaired) electrons. The molecule has 1 atom stereocenters. The van der Waals surface area contributed by atoms with E-state index in [9.17, 15) is 0 Å². The molecule has 66 valence electrons. The van der Waals surface area contributed by atoms with Gasteiger partial charge in [-0.15, -0.1) is 11.6 Å². The molecule has 0 bridgehead atoms. The second-order valence-corrected chi connectivity index (χ2v) is 4.47. The molecular weight excluding hydrogens is 156 g/mol. The number of alkyl halides is 1. The third kappa shape index (κ3) is 2.11. The first kappa shape index (κ1) is 9.38. The van der Waals surface area contributed by atoms with Crippen molar-refractivity contribution in [1.29, 1.82) is 0 Å². The molecule has 0 amide bonds. The van der Waals surface area contributed by atoms with Crippen molar-refractivity contribution >= 4 is 11.6 Å². The van der Waals surface area contributed by atoms with Crippen LogP contribution in [0.15, 0.2) is 0 Å². The van der Waals surface area contributed by atoms with Crippen molar-refractivity contribution in [2.24, 2.45) is 11.3 Å². The van der Waals surface area contributed by atoms with Gasteiger partial charge in [0, 0.05) is 5.88 Å². The monoisotopic (exact) mass is 174 g/mol. The molecule has 1 saturated carbocycles. The van der Waals surface area contributed by atoms with Gasteiger partial charge in [0.05, 0.1) is 0 Å². The molecular formula is C10H19Cl. The van der Waals surface area contributed by atoms with E-state index in [4.69, 9.17) is 11.6 Å². The van der Waals surface area contributed by atoms with Gasteiger partial charge in [0.25, 0.3) is 0 Å². The van der Waals surface area contributed by atoms with Gasteiger partial charge in [-0.3, -0.25) is 0 Å². The maximum Gasteiger partial charge on any atom is 0.0280 e. The maximum atomic E-state index is 5.96. The largest absolute Gasteiger partial charge is 0.126 e. The molecule has 1 rings (SSSR count). The predicted octanol–water partition coefficient (Wildman–Crippen LogP) is 3.83. The van der Waals surface area contributed by atoms with Crippen molar-refractivity contribution in [1.82, 2.24) is 0 Å². The molecule has 0 spiro atoms. The molecule has 0 aromatic heterocycles. The van der Waals surface area contributed by atoms with Crippen LogP contribution in [0.5, 0.6) is 0 Å². The minimum Gasteiger partial charge on any atom is -0.126 e. The van der Waals surface area contributed by atoms with Crippen LogP contribution >= 0.6 is 11.6 Å². The van der Waals surface area contributed by atoms with E-state index in [2.05, 4.69) is 13.8 Å². The zero-order chi connectivity index (χ0) is 8.32. The van der Waals surface area contributed by atoms with Gasteiger partial charge in [0.1, 0.15) is 0 Å². The lowest BCUT2D eigenvalue weighted by molar-refractivity contribution is 0.124. The van der Waals surface area contributed by atoms with Crippen molar-refractivity contribution in [3.8, 4) is 0 Å². The lowest BCUT2D eigenvalue weighted by atomic mass is 9.65. The molecule has 1 heteroatoms. The van der Waals surface area contributed by atoms with Crippen molar-refractivity contribution < 1.29 is 0 Å². The summed E-state index contributed by atoms with van der Waals surface area (Å²) in [4.78, 5) is 0. The van der Waals surface area contributed by atoms with E-state index >= 15 is 0 Å². The zero-order valence-electron chi connectivity index (χ0n) is 7.70. The molecule has 0 aromatic rings. The Balaban J connectivity index is 2.32. The average Bonchev–Trinajstić information content (AvgIpc) is 1.96. The number of rotatable bonds is 4. The minimum absolute atomic E-state index is 0.553. The van der Waals surface area contributed by atoms with Gasteiger partial charge in [0.2, 0.25) is 0 Å². The van der Waals surface area contributed by atoms with Crippen LogP contribution in [0.4, 0.5) is 0 Å². The standard InChI is InChI=1S/C10H19Cl/c1-3-9(2)7-10(8-11)5-4-6-10/h9H,3-8H2,1-2H3. The Morgan fingerprint density at radius 2 is 2.09 bits per heavy atom. The normalized spacial score (nSPS) is 24.3. The second kappa shape index (κ2) is 3.80. The smallest absolute Gasteiger partial charge is 0.0280 e. The lowest BCUT2D eigenvalue weighted by Crippen LogP contribution is -2.32. The molecule has 0 N–H and O–H groups in total. The summed E-state index contributed by atoms with van der Waals surface area (Å²) in [6.07, 6.45) is 6.82. The fraction of sp³-hybridized carbons (Fsp3) is 1.00. The summed E-state index contributed by atoms with van der Waals surface area (Å²) >= 11 is 5.96. The molecule has 0 saturated heterocycles. The van der Waals surface area contributed by atoms with Gasteiger partial charge < -0.3 is 0 Å². The van der Waals surface area contributed by atoms with Gasteiger partial charge in [-0.05, 0) is 30.6 Å². The molecule has 1 fully saturated rings. The van der Waals surface area contributed by atoms with E-state index in [0.29, 0.717) is 5.41 Å². The molecule has 0 aromatic carbocycles. The van der Waals surface area contributed by atoms with Crippen molar-refractivity contribution in [3.63, 3.8) is 0 Å². The lowest BCUT2D eigenvalue weighted by Gasteiger charge is -2.42. The highest BCUT2D eigenvalue weighted by Gasteiger charge is 2.36. The van der Waals surface area contributed by atoms with Gasteiger partial charge in [0.15, 0.2) is 0 Å². The zero-order valence-corrected chi connectivity index (χ0v) is 8.45. The van der Waals surface area contributed by atoms with E-state index in [-0.39, 0.29) is 0 Å². The summed E-state index contributed by atoms with van der Waals surface area (Å²) in [6.45, 7) is 4.61. The van der Waals surface area contributed by atoms with Crippen molar-refractivity contribution in [2.75, 3.05) is 5.88 Å². The summed E-state index contributed by atoms with van der Waals surface area (Å²) in [6, 6.07) is 0. The highest BCUT2D eigenvalue weighted by molar-refractivity contribution is 6.18. The van der Waals surface area contributed by atoms with Crippen LogP contribution in [0, 0.1) is 11.3 Å². The second-order valence-electron chi connectivity index (χ2n) is 4.20. The summed E-state index contributed by atoms with van der Waals surface area (Å²) in [5.74, 6) is 1.76. The third-order valence-corrected chi connectivity index (χ3v) is 3.74. The number of hydrogen-bond acceptors (Lipinski definition) is 0. The minimum atomic E-state index is 0.553. The SMILES string of the molecule is CCC(C)CC1(CCl)CCC1. The van der Waals surface area contributed by atoms with Crippen LogP contribution in [0.1, 0.15) is 46.0 Å². The molecule has 1 aliphatic rings. The van der Waals surface area contributed by atoms with E-state index in [1.54, 1.807) is 0 Å². The topological polar surface area (TPSA) is 0 Å². The van der Waals surface area contributed by atoms with E-state index in [1.807, 2.05) is 0 Å². The Morgan fingerprint density at radius 1 is 1.45 bits per heavy atom. The third-order valence-electron chi connectivity index (χ3n) is 3.18. The van der Waals surface area contributed by atoms with Crippen LogP contribution in [-0.2, 0) is 0 Å². The van der Waals surface area contributed by atoms with Crippen LogP contribution in [0.3, 0.4) is 0 Å². The number of hydrogen-bond donors (Lipinski definition) is 0. The summed E-state index contributed by atoms with van der Waals surface area (Å²) < 4.78 is 0. The Bertz CT molecular complexity index is 111. The van der Waals surface area contributed by atoms with Crippen molar-refractivity contribution in [2.45, 2.75) is 46.0 Å². The molecule has 0 heterocycles. The van der Waals surface area contributed by atoms with E-state index < -0.39 is 0 Å². The van der Waals surface area contributed by atoms with Crippen LogP contribution in [0.25, 0.3) is 0 Å². The summed E-state index contributed by atoms with van der Waals surface area (Å²) in [5, 5.41) is 0. The summed E-state index contributed by atoms with van der Waals surface area (Å²) in [5.41, 5.74) is 0.553. The van der Waals surface area contributed by atoms with Crippen LogP contribution in [0.2, 0.25) is 0 Å². The molecule has 11 heavy (non-hydrogen) atoms. The van der Waals surface area contributed by atoms with E-state index in [1.165, 1.54) is 32.1 Å². The first-order chi connectivity index (χ1) is 5.22. The fourth-order valence-electron chi connectivity index (χ4n) is 1.95. The Hall–Kier alpha value is 0.290. The Kier molecular flexibility index (Phi) is 3.24. The van der Waals surface area contributed by atoms with Gasteiger partial charge in [-0.25, -0.2) is 0 Å². The van der Waals surface area contributed by atoms with Crippen LogP contribution < -0.4 is 0 Å². The molecule has 0 aliphatic heterocycles. The Labute approximate surface area is 75.3 Å². The van der Waals surface area contributed by atoms with Gasteiger partial charge >= 0.3 is 0 Å². The molecule has 0 nitrogen and oxygen atoms in total. The highest BCUT2D eigenvalue weighted by Crippen LogP contribution is 2.47. The molecule has 1 aliphatic carbocycles. The Morgan fingerprint density at radius 3 is 2.36 bits per heavy atom. The summed E-state index contributed by atoms with van der Waals surface area (Å²) in [7, 11) is 0.